The molecule has 0 aliphatic carbocycles. The van der Waals surface area contributed by atoms with Gasteiger partial charge in [-0.15, -0.1) is 0 Å². The highest BCUT2D eigenvalue weighted by molar-refractivity contribution is 7.87. The molecule has 6 nitrogen and oxygen atoms in total. The minimum absolute atomic E-state index is 0.0156. The number of ether oxygens (including phenoxy) is 1. The summed E-state index contributed by atoms with van der Waals surface area (Å²) < 4.78 is 33.3. The van der Waals surface area contributed by atoms with Crippen molar-refractivity contribution in [2.75, 3.05) is 19.8 Å². The molecule has 1 aliphatic heterocycles. The van der Waals surface area contributed by atoms with Gasteiger partial charge >= 0.3 is 0 Å². The van der Waals surface area contributed by atoms with Crippen LogP contribution in [0.15, 0.2) is 0 Å². The molecule has 0 unspecified atom stereocenters. The lowest BCUT2D eigenvalue weighted by molar-refractivity contribution is -0.0589. The van der Waals surface area contributed by atoms with Crippen molar-refractivity contribution in [1.29, 1.82) is 0 Å². The fourth-order valence-electron chi connectivity index (χ4n) is 1.60. The predicted molar refractivity (Wildman–Crippen MR) is 64.8 cm³/mol. The van der Waals surface area contributed by atoms with Crippen LogP contribution in [-0.2, 0) is 14.9 Å². The van der Waals surface area contributed by atoms with Gasteiger partial charge < -0.3 is 9.84 Å². The van der Waals surface area contributed by atoms with Gasteiger partial charge in [0.25, 0.3) is 10.2 Å². The lowest BCUT2D eigenvalue weighted by atomic mass is 9.95. The Hall–Kier alpha value is -0.210. The van der Waals surface area contributed by atoms with Gasteiger partial charge in [-0.05, 0) is 20.8 Å². The number of hydrogen-bond acceptors (Lipinski definition) is 4. The monoisotopic (exact) mass is 266 g/mol. The molecule has 0 radical (unpaired) electrons. The molecule has 0 aromatic heterocycles. The molecule has 0 aromatic rings. The molecule has 1 fully saturated rings. The largest absolute Gasteiger partial charge is 0.388 e. The van der Waals surface area contributed by atoms with Crippen LogP contribution < -0.4 is 9.44 Å². The first-order valence-electron chi connectivity index (χ1n) is 5.71. The number of nitrogens with one attached hydrogen (secondary N) is 2. The summed E-state index contributed by atoms with van der Waals surface area (Å²) in [6.07, 6.45) is 0.899. The van der Waals surface area contributed by atoms with Crippen LogP contribution in [0.25, 0.3) is 0 Å². The summed E-state index contributed by atoms with van der Waals surface area (Å²) >= 11 is 0. The van der Waals surface area contributed by atoms with E-state index >= 15 is 0 Å². The third-order valence-corrected chi connectivity index (χ3v) is 3.86. The maximum absolute atomic E-state index is 11.7. The van der Waals surface area contributed by atoms with E-state index in [2.05, 4.69) is 9.44 Å². The second-order valence-electron chi connectivity index (χ2n) is 5.51. The topological polar surface area (TPSA) is 87.7 Å². The lowest BCUT2D eigenvalue weighted by Gasteiger charge is -2.32. The molecule has 0 spiro atoms. The Labute approximate surface area is 103 Å². The quantitative estimate of drug-likeness (QED) is 0.655. The van der Waals surface area contributed by atoms with Gasteiger partial charge in [-0.25, -0.2) is 0 Å². The van der Waals surface area contributed by atoms with E-state index in [1.165, 1.54) is 0 Å². The SMILES string of the molecule is CC(C)(C)NS(=O)(=O)NCC1(O)CCOCC1. The van der Waals surface area contributed by atoms with Crippen LogP contribution >= 0.6 is 0 Å². The van der Waals surface area contributed by atoms with Crippen LogP contribution in [0, 0.1) is 0 Å². The van der Waals surface area contributed by atoms with Gasteiger partial charge in [0.1, 0.15) is 0 Å². The molecular weight excluding hydrogens is 244 g/mol. The van der Waals surface area contributed by atoms with Crippen molar-refractivity contribution in [2.24, 2.45) is 0 Å². The Morgan fingerprint density at radius 2 is 1.82 bits per heavy atom. The molecule has 7 heteroatoms. The first-order valence-corrected chi connectivity index (χ1v) is 7.19. The first kappa shape index (κ1) is 14.8. The third-order valence-electron chi connectivity index (χ3n) is 2.46. The molecule has 0 saturated carbocycles. The highest BCUT2D eigenvalue weighted by Crippen LogP contribution is 2.19. The lowest BCUT2D eigenvalue weighted by Crippen LogP contribution is -2.52. The smallest absolute Gasteiger partial charge is 0.277 e. The summed E-state index contributed by atoms with van der Waals surface area (Å²) in [6.45, 7) is 6.22. The van der Waals surface area contributed by atoms with Crippen LogP contribution in [0.3, 0.4) is 0 Å². The van der Waals surface area contributed by atoms with E-state index in [-0.39, 0.29) is 6.54 Å². The number of hydrogen-bond donors (Lipinski definition) is 3. The third kappa shape index (κ3) is 5.78. The zero-order chi connectivity index (χ0) is 13.2. The van der Waals surface area contributed by atoms with Gasteiger partial charge in [-0.1, -0.05) is 0 Å². The van der Waals surface area contributed by atoms with Crippen molar-refractivity contribution >= 4 is 10.2 Å². The van der Waals surface area contributed by atoms with Crippen molar-refractivity contribution < 1.29 is 18.3 Å². The van der Waals surface area contributed by atoms with E-state index in [4.69, 9.17) is 4.74 Å². The second kappa shape index (κ2) is 5.19. The average Bonchev–Trinajstić information content (AvgIpc) is 2.13. The molecule has 1 rings (SSSR count). The number of rotatable bonds is 4. The molecule has 1 saturated heterocycles. The molecule has 1 heterocycles. The van der Waals surface area contributed by atoms with Gasteiger partial charge in [0.05, 0.1) is 5.60 Å². The van der Waals surface area contributed by atoms with Crippen molar-refractivity contribution in [3.05, 3.63) is 0 Å². The molecule has 1 aliphatic rings. The van der Waals surface area contributed by atoms with E-state index in [1.807, 2.05) is 0 Å². The van der Waals surface area contributed by atoms with Gasteiger partial charge in [-0.3, -0.25) is 0 Å². The van der Waals surface area contributed by atoms with Crippen LogP contribution in [-0.4, -0.2) is 44.4 Å². The molecule has 0 amide bonds. The van der Waals surface area contributed by atoms with Crippen molar-refractivity contribution in [2.45, 2.75) is 44.8 Å². The molecule has 0 atom stereocenters. The molecule has 0 bridgehead atoms. The Balaban J connectivity index is 2.49. The minimum Gasteiger partial charge on any atom is -0.388 e. The Bertz CT molecular complexity index is 342. The highest BCUT2D eigenvalue weighted by Gasteiger charge is 2.31. The van der Waals surface area contributed by atoms with Crippen molar-refractivity contribution in [1.82, 2.24) is 9.44 Å². The van der Waals surface area contributed by atoms with Crippen LogP contribution in [0.2, 0.25) is 0 Å². The minimum atomic E-state index is -3.58. The Kier molecular flexibility index (Phi) is 4.54. The van der Waals surface area contributed by atoms with Crippen molar-refractivity contribution in [3.63, 3.8) is 0 Å². The van der Waals surface area contributed by atoms with E-state index < -0.39 is 21.3 Å². The van der Waals surface area contributed by atoms with Crippen LogP contribution in [0.1, 0.15) is 33.6 Å². The standard InChI is InChI=1S/C10H22N2O4S/c1-9(2,3)12-17(14,15)11-8-10(13)4-6-16-7-5-10/h11-13H,4-8H2,1-3H3. The fraction of sp³-hybridized carbons (Fsp3) is 1.00. The zero-order valence-corrected chi connectivity index (χ0v) is 11.4. The van der Waals surface area contributed by atoms with E-state index in [0.717, 1.165) is 0 Å². The molecule has 0 aromatic carbocycles. The molecule has 17 heavy (non-hydrogen) atoms. The van der Waals surface area contributed by atoms with E-state index in [9.17, 15) is 13.5 Å². The van der Waals surface area contributed by atoms with Gasteiger partial charge in [0.15, 0.2) is 0 Å². The summed E-state index contributed by atoms with van der Waals surface area (Å²) in [4.78, 5) is 0. The zero-order valence-electron chi connectivity index (χ0n) is 10.6. The average molecular weight is 266 g/mol. The maximum Gasteiger partial charge on any atom is 0.277 e. The summed E-state index contributed by atoms with van der Waals surface area (Å²) in [5.41, 5.74) is -1.53. The molecule has 102 valence electrons. The Morgan fingerprint density at radius 1 is 1.29 bits per heavy atom. The summed E-state index contributed by atoms with van der Waals surface area (Å²) in [7, 11) is -3.58. The maximum atomic E-state index is 11.7. The highest BCUT2D eigenvalue weighted by atomic mass is 32.2. The Morgan fingerprint density at radius 3 is 2.29 bits per heavy atom. The first-order chi connectivity index (χ1) is 7.62. The number of aliphatic hydroxyl groups is 1. The van der Waals surface area contributed by atoms with Gasteiger partial charge in [0.2, 0.25) is 0 Å². The van der Waals surface area contributed by atoms with E-state index in [1.54, 1.807) is 20.8 Å². The fourth-order valence-corrected chi connectivity index (χ4v) is 2.93. The molecule has 3 N–H and O–H groups in total. The normalized spacial score (nSPS) is 21.4. The van der Waals surface area contributed by atoms with Gasteiger partial charge in [-0.2, -0.15) is 17.9 Å². The predicted octanol–water partition coefficient (Wildman–Crippen LogP) is -0.250. The summed E-state index contributed by atoms with van der Waals surface area (Å²) in [5, 5.41) is 10.1. The van der Waals surface area contributed by atoms with Crippen LogP contribution in [0.4, 0.5) is 0 Å². The summed E-state index contributed by atoms with van der Waals surface area (Å²) in [6, 6.07) is 0. The van der Waals surface area contributed by atoms with Gasteiger partial charge in [0, 0.05) is 38.1 Å². The van der Waals surface area contributed by atoms with Crippen LogP contribution in [0.5, 0.6) is 0 Å². The second-order valence-corrected chi connectivity index (χ2v) is 7.01. The van der Waals surface area contributed by atoms with Crippen molar-refractivity contribution in [3.8, 4) is 0 Å². The summed E-state index contributed by atoms with van der Waals surface area (Å²) in [5.74, 6) is 0. The molecular formula is C10H22N2O4S. The van der Waals surface area contributed by atoms with E-state index in [0.29, 0.717) is 26.1 Å².